The molecule has 0 N–H and O–H groups in total. The van der Waals surface area contributed by atoms with E-state index in [-0.39, 0.29) is 0 Å². The van der Waals surface area contributed by atoms with E-state index < -0.39 is 12.6 Å². The first kappa shape index (κ1) is 28.5. The molecule has 51 heavy (non-hydrogen) atoms. The Bertz CT molecular complexity index is 2950. The third kappa shape index (κ3) is 3.73. The number of fused-ring (bicyclic) bond motifs is 12. The van der Waals surface area contributed by atoms with Crippen molar-refractivity contribution in [3.8, 4) is 22.6 Å². The van der Waals surface area contributed by atoms with Crippen molar-refractivity contribution < 1.29 is 13.7 Å². The zero-order valence-corrected chi connectivity index (χ0v) is 28.0. The van der Waals surface area contributed by atoms with Gasteiger partial charge in [0.1, 0.15) is 22.7 Å². The summed E-state index contributed by atoms with van der Waals surface area (Å²) < 4.78 is 29.6. The molecule has 2 aliphatic heterocycles. The number of nitrogens with zero attached hydrogens (tertiary/aromatic N) is 2. The van der Waals surface area contributed by atoms with Gasteiger partial charge in [-0.05, 0) is 70.8 Å². The molecular weight excluding hydrogens is 647 g/mol. The number of furan rings is 1. The lowest BCUT2D eigenvalue weighted by atomic mass is 9.63. The molecule has 11 rings (SSSR count). The zero-order chi connectivity index (χ0) is 33.7. The van der Waals surface area contributed by atoms with Gasteiger partial charge in [0.15, 0.2) is 12.8 Å². The number of benzene rings is 6. The van der Waals surface area contributed by atoms with Crippen LogP contribution in [0.1, 0.15) is 22.3 Å². The minimum absolute atomic E-state index is 0.693. The Morgan fingerprint density at radius 3 is 2.18 bits per heavy atom. The number of hydrogen-bond donors (Lipinski definition) is 0. The van der Waals surface area contributed by atoms with Crippen LogP contribution in [0.25, 0.3) is 44.1 Å². The van der Waals surface area contributed by atoms with Gasteiger partial charge in [-0.25, -0.2) is 9.97 Å². The van der Waals surface area contributed by atoms with Crippen LogP contribution in [0.3, 0.4) is 0 Å². The van der Waals surface area contributed by atoms with Crippen LogP contribution in [-0.2, 0) is 9.98 Å². The van der Waals surface area contributed by atoms with Crippen molar-refractivity contribution in [1.29, 1.82) is 0 Å². The molecule has 0 fully saturated rings. The van der Waals surface area contributed by atoms with Crippen molar-refractivity contribution in [3.63, 3.8) is 0 Å². The maximum absolute atomic E-state index is 16.3. The van der Waals surface area contributed by atoms with Gasteiger partial charge in [-0.15, -0.1) is 0 Å². The molecule has 2 aliphatic rings. The van der Waals surface area contributed by atoms with Gasteiger partial charge in [-0.2, -0.15) is 0 Å². The lowest BCUT2D eigenvalue weighted by Crippen LogP contribution is -2.47. The lowest BCUT2D eigenvalue weighted by Gasteiger charge is -2.47. The second kappa shape index (κ2) is 10.4. The van der Waals surface area contributed by atoms with Crippen molar-refractivity contribution >= 4 is 56.0 Å². The molecular formula is C45H27N2O3P. The normalized spacial score (nSPS) is 18.6. The Balaban J connectivity index is 1.30. The molecule has 6 heteroatoms. The van der Waals surface area contributed by atoms with Crippen LogP contribution in [0, 0.1) is 0 Å². The van der Waals surface area contributed by atoms with Crippen molar-refractivity contribution in [2.45, 2.75) is 5.41 Å². The fourth-order valence-electron chi connectivity index (χ4n) is 8.61. The Morgan fingerprint density at radius 2 is 1.25 bits per heavy atom. The number of aromatic nitrogens is 2. The first-order valence-corrected chi connectivity index (χ1v) is 18.7. The average Bonchev–Trinajstić information content (AvgIpc) is 3.56. The molecule has 240 valence electrons. The van der Waals surface area contributed by atoms with E-state index in [1.165, 1.54) is 0 Å². The Labute approximate surface area is 293 Å². The van der Waals surface area contributed by atoms with E-state index in [1.54, 1.807) is 12.4 Å². The summed E-state index contributed by atoms with van der Waals surface area (Å²) in [5.74, 6) is 1.51. The van der Waals surface area contributed by atoms with Crippen LogP contribution in [0.2, 0.25) is 0 Å². The maximum Gasteiger partial charge on any atom is 0.171 e. The fourth-order valence-corrected chi connectivity index (χ4v) is 11.8. The van der Waals surface area contributed by atoms with Crippen LogP contribution in [0.4, 0.5) is 0 Å². The second-order valence-corrected chi connectivity index (χ2v) is 15.9. The first-order chi connectivity index (χ1) is 25.2. The van der Waals surface area contributed by atoms with Gasteiger partial charge in [0.05, 0.1) is 5.41 Å². The van der Waals surface area contributed by atoms with E-state index in [0.717, 1.165) is 88.1 Å². The third-order valence-electron chi connectivity index (χ3n) is 10.7. The van der Waals surface area contributed by atoms with Gasteiger partial charge in [0.2, 0.25) is 0 Å². The van der Waals surface area contributed by atoms with E-state index in [9.17, 15) is 0 Å². The van der Waals surface area contributed by atoms with Crippen LogP contribution in [0.15, 0.2) is 168 Å². The van der Waals surface area contributed by atoms with E-state index in [1.807, 2.05) is 78.9 Å². The number of rotatable bonds is 2. The summed E-state index contributed by atoms with van der Waals surface area (Å²) in [7, 11) is -3.41. The maximum atomic E-state index is 16.3. The standard InChI is InChI=1S/C45H27N2O3P/c48-51(29-11-2-1-3-12-29)42-19-9-6-16-36(42)45(37-26-33-31-13-4-7-17-38(31)49-40(33)27-43(37)51)34-15-5-8-18-39(34)50-41-25-28(20-21-35(41)45)30-22-24-47-44-32(30)14-10-23-46-44/h1-27H. The predicted octanol–water partition coefficient (Wildman–Crippen LogP) is 9.64. The van der Waals surface area contributed by atoms with Gasteiger partial charge in [-0.3, -0.25) is 0 Å². The highest BCUT2D eigenvalue weighted by atomic mass is 31.2. The molecule has 5 heterocycles. The summed E-state index contributed by atoms with van der Waals surface area (Å²) in [6, 6.07) is 51.4. The summed E-state index contributed by atoms with van der Waals surface area (Å²) >= 11 is 0. The summed E-state index contributed by atoms with van der Waals surface area (Å²) in [5.41, 5.74) is 7.32. The lowest BCUT2D eigenvalue weighted by molar-refractivity contribution is 0.435. The monoisotopic (exact) mass is 674 g/mol. The van der Waals surface area contributed by atoms with Gasteiger partial charge in [0.25, 0.3) is 0 Å². The number of pyridine rings is 2. The fraction of sp³-hybridized carbons (Fsp3) is 0.0222. The van der Waals surface area contributed by atoms with Crippen molar-refractivity contribution in [1.82, 2.24) is 9.97 Å². The molecule has 0 amide bonds. The largest absolute Gasteiger partial charge is 0.457 e. The smallest absolute Gasteiger partial charge is 0.171 e. The topological polar surface area (TPSA) is 65.2 Å². The molecule has 0 aliphatic carbocycles. The quantitative estimate of drug-likeness (QED) is 0.171. The number of para-hydroxylation sites is 2. The molecule has 0 bridgehead atoms. The number of hydrogen-bond acceptors (Lipinski definition) is 5. The van der Waals surface area contributed by atoms with E-state index >= 15 is 4.57 Å². The van der Waals surface area contributed by atoms with E-state index in [2.05, 4.69) is 82.8 Å². The molecule has 3 aromatic heterocycles. The van der Waals surface area contributed by atoms with Crippen molar-refractivity contribution in [3.05, 3.63) is 186 Å². The minimum atomic E-state index is -3.41. The molecule has 0 saturated heterocycles. The molecule has 1 spiro atoms. The molecule has 0 saturated carbocycles. The number of ether oxygens (including phenoxy) is 1. The molecule has 6 aromatic carbocycles. The van der Waals surface area contributed by atoms with Crippen LogP contribution in [0.5, 0.6) is 11.5 Å². The summed E-state index contributed by atoms with van der Waals surface area (Å²) in [6.07, 6.45) is 3.57. The van der Waals surface area contributed by atoms with Crippen molar-refractivity contribution in [2.24, 2.45) is 0 Å². The molecule has 0 radical (unpaired) electrons. The SMILES string of the molecule is O=P1(c2ccccc2)c2ccccc2C2(c3ccccc3Oc3cc(-c4ccnc5ncccc45)ccc32)c2cc3c(cc21)oc1ccccc13. The van der Waals surface area contributed by atoms with E-state index in [0.29, 0.717) is 5.65 Å². The highest BCUT2D eigenvalue weighted by Gasteiger charge is 2.55. The van der Waals surface area contributed by atoms with Crippen LogP contribution < -0.4 is 20.7 Å². The molecule has 9 aromatic rings. The first-order valence-electron chi connectivity index (χ1n) is 17.0. The van der Waals surface area contributed by atoms with Crippen molar-refractivity contribution in [2.75, 3.05) is 0 Å². The summed E-state index contributed by atoms with van der Waals surface area (Å²) in [6.45, 7) is 0. The van der Waals surface area contributed by atoms with Gasteiger partial charge in [0, 0.05) is 55.6 Å². The summed E-state index contributed by atoms with van der Waals surface area (Å²) in [5, 5.41) is 5.36. The predicted molar refractivity (Wildman–Crippen MR) is 204 cm³/mol. The molecule has 2 unspecified atom stereocenters. The highest BCUT2D eigenvalue weighted by Crippen LogP contribution is 2.62. The average molecular weight is 675 g/mol. The molecule has 5 nitrogen and oxygen atoms in total. The molecule has 2 atom stereocenters. The van der Waals surface area contributed by atoms with E-state index in [4.69, 9.17) is 9.15 Å². The highest BCUT2D eigenvalue weighted by molar-refractivity contribution is 7.85. The Kier molecular flexibility index (Phi) is 5.80. The second-order valence-electron chi connectivity index (χ2n) is 13.2. The Morgan fingerprint density at radius 1 is 0.510 bits per heavy atom. The van der Waals surface area contributed by atoms with Gasteiger partial charge in [-0.1, -0.05) is 103 Å². The zero-order valence-electron chi connectivity index (χ0n) is 27.2. The van der Waals surface area contributed by atoms with Crippen LogP contribution in [-0.4, -0.2) is 9.97 Å². The third-order valence-corrected chi connectivity index (χ3v) is 13.9. The van der Waals surface area contributed by atoms with Gasteiger partial charge >= 0.3 is 0 Å². The Hall–Kier alpha value is -6.29. The summed E-state index contributed by atoms with van der Waals surface area (Å²) in [4.78, 5) is 9.01. The van der Waals surface area contributed by atoms with Gasteiger partial charge < -0.3 is 13.7 Å². The van der Waals surface area contributed by atoms with Crippen LogP contribution >= 0.6 is 7.14 Å². The minimum Gasteiger partial charge on any atom is -0.457 e.